The number of benzene rings is 8. The molecule has 3 aromatic heterocycles. The standard InChI is InChI=1S/C49H30N2S2/c1-3-7-46-42(5-1)44-27-35-15-19-40(25-37(35)29-48(44)52-46)51(39-17-13-33(14-18-39)31-9-11-32(12-10-31)34-21-23-50-24-22-34)41-20-16-36-28-45-43-6-2-4-8-47(43)53-49(45)30-38(36)26-41/h1-30H. The molecule has 0 atom stereocenters. The number of aromatic nitrogens is 1. The van der Waals surface area contributed by atoms with Crippen LogP contribution in [0.4, 0.5) is 17.1 Å². The molecule has 0 spiro atoms. The number of fused-ring (bicyclic) bond motifs is 8. The van der Waals surface area contributed by atoms with E-state index in [4.69, 9.17) is 0 Å². The third-order valence-electron chi connectivity index (χ3n) is 10.5. The second kappa shape index (κ2) is 12.1. The summed E-state index contributed by atoms with van der Waals surface area (Å²) in [5, 5.41) is 10.3. The third-order valence-corrected chi connectivity index (χ3v) is 12.8. The summed E-state index contributed by atoms with van der Waals surface area (Å²) in [5.41, 5.74) is 8.12. The molecule has 0 N–H and O–H groups in total. The minimum atomic E-state index is 1.12. The summed E-state index contributed by atoms with van der Waals surface area (Å²) in [6, 6.07) is 62.6. The molecule has 4 heteroatoms. The van der Waals surface area contributed by atoms with Crippen molar-refractivity contribution in [3.8, 4) is 22.3 Å². The Kier molecular flexibility index (Phi) is 6.94. The molecular weight excluding hydrogens is 681 g/mol. The van der Waals surface area contributed by atoms with Gasteiger partial charge in [0.15, 0.2) is 0 Å². The summed E-state index contributed by atoms with van der Waals surface area (Å²) in [6.45, 7) is 0. The maximum absolute atomic E-state index is 4.17. The number of nitrogens with zero attached hydrogens (tertiary/aromatic N) is 2. The molecule has 2 nitrogen and oxygen atoms in total. The molecule has 0 aliphatic rings. The lowest BCUT2D eigenvalue weighted by Crippen LogP contribution is -2.09. The van der Waals surface area contributed by atoms with Crippen LogP contribution in [0, 0.1) is 0 Å². The van der Waals surface area contributed by atoms with Gasteiger partial charge >= 0.3 is 0 Å². The monoisotopic (exact) mass is 710 g/mol. The lowest BCUT2D eigenvalue weighted by Gasteiger charge is -2.26. The Labute approximate surface area is 314 Å². The van der Waals surface area contributed by atoms with Crippen molar-refractivity contribution in [2.24, 2.45) is 0 Å². The van der Waals surface area contributed by atoms with Crippen molar-refractivity contribution in [1.29, 1.82) is 0 Å². The largest absolute Gasteiger partial charge is 0.310 e. The van der Waals surface area contributed by atoms with Crippen LogP contribution in [0.25, 0.3) is 84.1 Å². The van der Waals surface area contributed by atoms with E-state index in [2.05, 4.69) is 168 Å². The first-order chi connectivity index (χ1) is 26.2. The predicted octanol–water partition coefficient (Wildman–Crippen LogP) is 14.9. The lowest BCUT2D eigenvalue weighted by atomic mass is 10.00. The summed E-state index contributed by atoms with van der Waals surface area (Å²) in [7, 11) is 0. The fraction of sp³-hybridized carbons (Fsp3) is 0. The first-order valence-electron chi connectivity index (χ1n) is 17.8. The molecule has 0 fully saturated rings. The molecule has 11 rings (SSSR count). The van der Waals surface area contributed by atoms with E-state index < -0.39 is 0 Å². The highest BCUT2D eigenvalue weighted by molar-refractivity contribution is 7.26. The number of rotatable bonds is 5. The SMILES string of the molecule is c1ccc2c(c1)sc1cc3cc(N(c4ccc(-c5ccc(-c6ccncc6)cc5)cc4)c4ccc5cc6c(cc5c4)sc4ccccc46)ccc3cc12. The summed E-state index contributed by atoms with van der Waals surface area (Å²) in [6.07, 6.45) is 3.68. The van der Waals surface area contributed by atoms with Crippen molar-refractivity contribution in [2.75, 3.05) is 4.90 Å². The highest BCUT2D eigenvalue weighted by atomic mass is 32.1. The molecule has 3 heterocycles. The van der Waals surface area contributed by atoms with Crippen molar-refractivity contribution in [2.45, 2.75) is 0 Å². The zero-order valence-corrected chi connectivity index (χ0v) is 30.2. The van der Waals surface area contributed by atoms with Gasteiger partial charge in [-0.2, -0.15) is 0 Å². The predicted molar refractivity (Wildman–Crippen MR) is 231 cm³/mol. The molecule has 53 heavy (non-hydrogen) atoms. The molecule has 0 saturated heterocycles. The van der Waals surface area contributed by atoms with Crippen LogP contribution in [0.3, 0.4) is 0 Å². The molecule has 0 aliphatic carbocycles. The van der Waals surface area contributed by atoms with Gasteiger partial charge < -0.3 is 4.90 Å². The van der Waals surface area contributed by atoms with Gasteiger partial charge in [-0.15, -0.1) is 22.7 Å². The van der Waals surface area contributed by atoms with Crippen molar-refractivity contribution >= 4 is 102 Å². The quantitative estimate of drug-likeness (QED) is 0.177. The fourth-order valence-corrected chi connectivity index (χ4v) is 10.1. The van der Waals surface area contributed by atoms with Gasteiger partial charge in [0, 0.05) is 69.8 Å². The van der Waals surface area contributed by atoms with Gasteiger partial charge in [0.1, 0.15) is 0 Å². The maximum Gasteiger partial charge on any atom is 0.0468 e. The second-order valence-electron chi connectivity index (χ2n) is 13.7. The highest BCUT2D eigenvalue weighted by Crippen LogP contribution is 2.42. The Morgan fingerprint density at radius 1 is 0.321 bits per heavy atom. The van der Waals surface area contributed by atoms with Crippen LogP contribution >= 0.6 is 22.7 Å². The zero-order chi connectivity index (χ0) is 34.9. The van der Waals surface area contributed by atoms with E-state index in [0.717, 1.165) is 17.1 Å². The Bertz CT molecular complexity index is 3000. The van der Waals surface area contributed by atoms with E-state index in [1.807, 2.05) is 47.2 Å². The van der Waals surface area contributed by atoms with Gasteiger partial charge in [-0.3, -0.25) is 4.98 Å². The first kappa shape index (κ1) is 30.3. The van der Waals surface area contributed by atoms with Crippen molar-refractivity contribution in [3.05, 3.63) is 182 Å². The van der Waals surface area contributed by atoms with Crippen molar-refractivity contribution in [1.82, 2.24) is 4.98 Å². The molecule has 0 radical (unpaired) electrons. The lowest BCUT2D eigenvalue weighted by molar-refractivity contribution is 1.29. The van der Waals surface area contributed by atoms with Gasteiger partial charge in [0.25, 0.3) is 0 Å². The molecule has 0 aliphatic heterocycles. The number of hydrogen-bond donors (Lipinski definition) is 0. The summed E-state index contributed by atoms with van der Waals surface area (Å²) >= 11 is 3.74. The molecular formula is C49H30N2S2. The maximum atomic E-state index is 4.17. The number of thiophene rings is 2. The topological polar surface area (TPSA) is 16.1 Å². The smallest absolute Gasteiger partial charge is 0.0468 e. The van der Waals surface area contributed by atoms with Crippen molar-refractivity contribution < 1.29 is 0 Å². The summed E-state index contributed by atoms with van der Waals surface area (Å²) in [5.74, 6) is 0. The Hall–Kier alpha value is -6.33. The summed E-state index contributed by atoms with van der Waals surface area (Å²) in [4.78, 5) is 6.57. The third kappa shape index (κ3) is 5.18. The van der Waals surface area contributed by atoms with Gasteiger partial charge in [-0.05, 0) is 129 Å². The number of hydrogen-bond acceptors (Lipinski definition) is 4. The van der Waals surface area contributed by atoms with Crippen molar-refractivity contribution in [3.63, 3.8) is 0 Å². The Balaban J connectivity index is 1.04. The minimum absolute atomic E-state index is 1.12. The highest BCUT2D eigenvalue weighted by Gasteiger charge is 2.16. The molecule has 0 unspecified atom stereocenters. The Morgan fingerprint density at radius 2 is 0.755 bits per heavy atom. The van der Waals surface area contributed by atoms with Crippen LogP contribution in [-0.2, 0) is 0 Å². The van der Waals surface area contributed by atoms with Crippen LogP contribution in [0.15, 0.2) is 182 Å². The number of anilines is 3. The van der Waals surface area contributed by atoms with E-state index in [1.54, 1.807) is 0 Å². The van der Waals surface area contributed by atoms with E-state index in [0.29, 0.717) is 0 Å². The number of pyridine rings is 1. The minimum Gasteiger partial charge on any atom is -0.310 e. The van der Waals surface area contributed by atoms with Gasteiger partial charge in [0.2, 0.25) is 0 Å². The Morgan fingerprint density at radius 3 is 1.26 bits per heavy atom. The van der Waals surface area contributed by atoms with Gasteiger partial charge in [0.05, 0.1) is 0 Å². The van der Waals surface area contributed by atoms with Crippen LogP contribution in [0.5, 0.6) is 0 Å². The summed E-state index contributed by atoms with van der Waals surface area (Å²) < 4.78 is 5.30. The van der Waals surface area contributed by atoms with Crippen LogP contribution in [0.1, 0.15) is 0 Å². The average molecular weight is 711 g/mol. The van der Waals surface area contributed by atoms with Crippen LogP contribution in [-0.4, -0.2) is 4.98 Å². The van der Waals surface area contributed by atoms with Gasteiger partial charge in [-0.1, -0.05) is 84.9 Å². The zero-order valence-electron chi connectivity index (χ0n) is 28.5. The van der Waals surface area contributed by atoms with Crippen LogP contribution in [0.2, 0.25) is 0 Å². The average Bonchev–Trinajstić information content (AvgIpc) is 3.77. The first-order valence-corrected chi connectivity index (χ1v) is 19.5. The molecule has 11 aromatic rings. The van der Waals surface area contributed by atoms with Crippen LogP contribution < -0.4 is 4.90 Å². The molecule has 0 saturated carbocycles. The van der Waals surface area contributed by atoms with E-state index in [9.17, 15) is 0 Å². The fourth-order valence-electron chi connectivity index (χ4n) is 7.84. The van der Waals surface area contributed by atoms with E-state index >= 15 is 0 Å². The molecule has 8 aromatic carbocycles. The molecule has 0 amide bonds. The normalized spacial score (nSPS) is 11.8. The van der Waals surface area contributed by atoms with E-state index in [1.165, 1.54) is 84.1 Å². The van der Waals surface area contributed by atoms with E-state index in [-0.39, 0.29) is 0 Å². The molecule has 248 valence electrons. The second-order valence-corrected chi connectivity index (χ2v) is 15.8. The molecule has 0 bridgehead atoms. The van der Waals surface area contributed by atoms with Gasteiger partial charge in [-0.25, -0.2) is 0 Å².